The number of amides is 4. The van der Waals surface area contributed by atoms with E-state index in [4.69, 9.17) is 0 Å². The molecule has 0 spiro atoms. The number of imide groups is 2. The van der Waals surface area contributed by atoms with Crippen LogP contribution in [0.1, 0.15) is 30.9 Å². The number of nitrogens with one attached hydrogen (secondary N) is 1. The van der Waals surface area contributed by atoms with Crippen LogP contribution in [0.15, 0.2) is 42.5 Å². The summed E-state index contributed by atoms with van der Waals surface area (Å²) >= 11 is 0. The molecule has 1 aliphatic heterocycles. The van der Waals surface area contributed by atoms with Gasteiger partial charge in [-0.05, 0) is 23.1 Å². The van der Waals surface area contributed by atoms with E-state index >= 15 is 0 Å². The molecule has 0 radical (unpaired) electrons. The highest BCUT2D eigenvalue weighted by molar-refractivity contribution is 6.31. The van der Waals surface area contributed by atoms with Crippen LogP contribution in [0, 0.1) is 0 Å². The fraction of sp³-hybridized carbons (Fsp3) is 0.235. The Bertz CT molecular complexity index is 657. The molecule has 0 aromatic heterocycles. The monoisotopic (exact) mass is 298 g/mol. The van der Waals surface area contributed by atoms with Gasteiger partial charge in [0.2, 0.25) is 0 Å². The number of benzene rings is 1. The van der Waals surface area contributed by atoms with Gasteiger partial charge in [-0.25, -0.2) is 4.79 Å². The van der Waals surface area contributed by atoms with Gasteiger partial charge in [0.25, 0.3) is 11.8 Å². The summed E-state index contributed by atoms with van der Waals surface area (Å²) in [6.07, 6.45) is 2.92. The normalized spacial score (nSPS) is 17.1. The molecule has 1 aromatic carbocycles. The lowest BCUT2D eigenvalue weighted by atomic mass is 10.0. The second-order valence-electron chi connectivity index (χ2n) is 5.34. The van der Waals surface area contributed by atoms with Crippen LogP contribution in [-0.2, 0) is 9.59 Å². The van der Waals surface area contributed by atoms with Gasteiger partial charge < -0.3 is 0 Å². The lowest BCUT2D eigenvalue weighted by molar-refractivity contribution is -0.129. The van der Waals surface area contributed by atoms with Crippen molar-refractivity contribution in [3.8, 4) is 0 Å². The fourth-order valence-electron chi connectivity index (χ4n) is 2.13. The standard InChI is InChI=1S/C17H18N2O3/c1-4-9-19-16(21)14(15(20)18-17(19)22)10-12-5-7-13(8-6-12)11(2)3/h4-8,10-11H,1,9H2,2-3H3,(H,18,20,22)/b14-10-. The number of hydrogen-bond acceptors (Lipinski definition) is 3. The summed E-state index contributed by atoms with van der Waals surface area (Å²) < 4.78 is 0. The molecule has 0 atom stereocenters. The summed E-state index contributed by atoms with van der Waals surface area (Å²) in [5.74, 6) is -0.883. The van der Waals surface area contributed by atoms with Gasteiger partial charge in [-0.2, -0.15) is 0 Å². The largest absolute Gasteiger partial charge is 0.331 e. The van der Waals surface area contributed by atoms with E-state index in [1.165, 1.54) is 17.7 Å². The first-order valence-electron chi connectivity index (χ1n) is 7.03. The van der Waals surface area contributed by atoms with Gasteiger partial charge in [-0.1, -0.05) is 44.2 Å². The number of nitrogens with zero attached hydrogens (tertiary/aromatic N) is 1. The summed E-state index contributed by atoms with van der Waals surface area (Å²) in [6.45, 7) is 7.73. The van der Waals surface area contributed by atoms with Crippen molar-refractivity contribution in [3.63, 3.8) is 0 Å². The van der Waals surface area contributed by atoms with Crippen molar-refractivity contribution in [1.29, 1.82) is 0 Å². The predicted octanol–water partition coefficient (Wildman–Crippen LogP) is 2.46. The Morgan fingerprint density at radius 3 is 2.36 bits per heavy atom. The topological polar surface area (TPSA) is 66.5 Å². The van der Waals surface area contributed by atoms with Gasteiger partial charge in [-0.15, -0.1) is 6.58 Å². The van der Waals surface area contributed by atoms with Crippen molar-refractivity contribution >= 4 is 23.9 Å². The van der Waals surface area contributed by atoms with E-state index in [-0.39, 0.29) is 12.1 Å². The smallest absolute Gasteiger partial charge is 0.273 e. The van der Waals surface area contributed by atoms with E-state index in [2.05, 4.69) is 25.7 Å². The minimum Gasteiger partial charge on any atom is -0.273 e. The molecule has 1 aromatic rings. The van der Waals surface area contributed by atoms with Crippen LogP contribution in [0.4, 0.5) is 4.79 Å². The zero-order valence-electron chi connectivity index (χ0n) is 12.6. The molecule has 2 rings (SSSR count). The maximum atomic E-state index is 12.2. The van der Waals surface area contributed by atoms with Gasteiger partial charge in [0.05, 0.1) is 0 Å². The Kier molecular flexibility index (Phi) is 4.56. The molecule has 1 heterocycles. The first-order chi connectivity index (χ1) is 10.4. The van der Waals surface area contributed by atoms with Crippen molar-refractivity contribution in [1.82, 2.24) is 10.2 Å². The van der Waals surface area contributed by atoms with Gasteiger partial charge >= 0.3 is 6.03 Å². The number of rotatable bonds is 4. The van der Waals surface area contributed by atoms with Gasteiger partial charge in [-0.3, -0.25) is 19.8 Å². The Hall–Kier alpha value is -2.69. The van der Waals surface area contributed by atoms with E-state index in [0.717, 1.165) is 10.5 Å². The van der Waals surface area contributed by atoms with Crippen LogP contribution in [0.2, 0.25) is 0 Å². The maximum absolute atomic E-state index is 12.2. The van der Waals surface area contributed by atoms with Gasteiger partial charge in [0.15, 0.2) is 0 Å². The van der Waals surface area contributed by atoms with E-state index in [1.54, 1.807) is 0 Å². The number of hydrogen-bond donors (Lipinski definition) is 1. The highest BCUT2D eigenvalue weighted by Gasteiger charge is 2.34. The lowest BCUT2D eigenvalue weighted by Crippen LogP contribution is -2.54. The molecule has 4 amide bonds. The number of carbonyl (C=O) groups is 3. The van der Waals surface area contributed by atoms with E-state index < -0.39 is 17.8 Å². The molecule has 1 N–H and O–H groups in total. The Balaban J connectivity index is 2.32. The minimum atomic E-state index is -0.720. The van der Waals surface area contributed by atoms with Crippen LogP contribution in [-0.4, -0.2) is 29.3 Å². The zero-order chi connectivity index (χ0) is 16.3. The molecule has 1 fully saturated rings. The van der Waals surface area contributed by atoms with Crippen LogP contribution < -0.4 is 5.32 Å². The van der Waals surface area contributed by atoms with Crippen LogP contribution in [0.25, 0.3) is 6.08 Å². The van der Waals surface area contributed by atoms with Gasteiger partial charge in [0, 0.05) is 6.54 Å². The second-order valence-corrected chi connectivity index (χ2v) is 5.34. The molecule has 1 saturated heterocycles. The van der Waals surface area contributed by atoms with E-state index in [9.17, 15) is 14.4 Å². The lowest BCUT2D eigenvalue weighted by Gasteiger charge is -2.25. The molecule has 0 saturated carbocycles. The summed E-state index contributed by atoms with van der Waals surface area (Å²) in [7, 11) is 0. The fourth-order valence-corrected chi connectivity index (χ4v) is 2.13. The van der Waals surface area contributed by atoms with E-state index in [1.807, 2.05) is 24.3 Å². The molecular weight excluding hydrogens is 280 g/mol. The summed E-state index contributed by atoms with van der Waals surface area (Å²) in [4.78, 5) is 36.7. The quantitative estimate of drug-likeness (QED) is 0.527. The first kappa shape index (κ1) is 15.7. The third-order valence-electron chi connectivity index (χ3n) is 3.41. The minimum absolute atomic E-state index is 0.0567. The average molecular weight is 298 g/mol. The maximum Gasteiger partial charge on any atom is 0.331 e. The highest BCUT2D eigenvalue weighted by atomic mass is 16.2. The molecular formula is C17H18N2O3. The molecule has 5 nitrogen and oxygen atoms in total. The third-order valence-corrected chi connectivity index (χ3v) is 3.41. The summed E-state index contributed by atoms with van der Waals surface area (Å²) in [6, 6.07) is 6.88. The van der Waals surface area contributed by atoms with E-state index in [0.29, 0.717) is 5.92 Å². The molecule has 5 heteroatoms. The van der Waals surface area contributed by atoms with Crippen molar-refractivity contribution in [2.45, 2.75) is 19.8 Å². The summed E-state index contributed by atoms with van der Waals surface area (Å²) in [5, 5.41) is 2.16. The Morgan fingerprint density at radius 2 is 1.82 bits per heavy atom. The predicted molar refractivity (Wildman–Crippen MR) is 84.0 cm³/mol. The van der Waals surface area contributed by atoms with Crippen molar-refractivity contribution in [2.24, 2.45) is 0 Å². The molecule has 0 unspecified atom stereocenters. The van der Waals surface area contributed by atoms with Gasteiger partial charge in [0.1, 0.15) is 5.57 Å². The van der Waals surface area contributed by atoms with Crippen LogP contribution in [0.5, 0.6) is 0 Å². The highest BCUT2D eigenvalue weighted by Crippen LogP contribution is 2.18. The first-order valence-corrected chi connectivity index (χ1v) is 7.03. The second kappa shape index (κ2) is 6.39. The third kappa shape index (κ3) is 3.14. The van der Waals surface area contributed by atoms with Crippen molar-refractivity contribution in [2.75, 3.05) is 6.54 Å². The Morgan fingerprint density at radius 1 is 1.18 bits per heavy atom. The number of barbiturate groups is 1. The molecule has 0 aliphatic carbocycles. The molecule has 114 valence electrons. The SMILES string of the molecule is C=CCN1C(=O)NC(=O)/C(=C/c2ccc(C(C)C)cc2)C1=O. The van der Waals surface area contributed by atoms with Crippen LogP contribution in [0.3, 0.4) is 0 Å². The molecule has 22 heavy (non-hydrogen) atoms. The average Bonchev–Trinajstić information content (AvgIpc) is 2.48. The summed E-state index contributed by atoms with van der Waals surface area (Å²) in [5.41, 5.74) is 1.85. The Labute approximate surface area is 129 Å². The molecule has 1 aliphatic rings. The van der Waals surface area contributed by atoms with Crippen molar-refractivity contribution in [3.05, 3.63) is 53.6 Å². The van der Waals surface area contributed by atoms with Crippen molar-refractivity contribution < 1.29 is 14.4 Å². The molecule has 0 bridgehead atoms. The number of carbonyl (C=O) groups excluding carboxylic acids is 3. The zero-order valence-corrected chi connectivity index (χ0v) is 12.6. The van der Waals surface area contributed by atoms with Crippen LogP contribution >= 0.6 is 0 Å². The number of urea groups is 1.